The zero-order chi connectivity index (χ0) is 21.0. The summed E-state index contributed by atoms with van der Waals surface area (Å²) in [6, 6.07) is 13.8. The zero-order valence-electron chi connectivity index (χ0n) is 15.0. The van der Waals surface area contributed by atoms with E-state index in [4.69, 9.17) is 16.7 Å². The van der Waals surface area contributed by atoms with Crippen LogP contribution in [0.1, 0.15) is 17.3 Å². The summed E-state index contributed by atoms with van der Waals surface area (Å²) in [6.45, 7) is -0.390. The van der Waals surface area contributed by atoms with Gasteiger partial charge >= 0.3 is 6.36 Å². The lowest BCUT2D eigenvalue weighted by atomic mass is 10.0. The average molecular weight is 427 g/mol. The van der Waals surface area contributed by atoms with E-state index in [-0.39, 0.29) is 12.3 Å². The molecule has 3 rings (SSSR count). The number of hydrogen-bond acceptors (Lipinski definition) is 5. The molecule has 0 fully saturated rings. The third-order valence-corrected chi connectivity index (χ3v) is 4.51. The van der Waals surface area contributed by atoms with E-state index in [1.807, 2.05) is 12.1 Å². The Morgan fingerprint density at radius 3 is 2.45 bits per heavy atom. The van der Waals surface area contributed by atoms with Gasteiger partial charge in [-0.15, -0.1) is 13.2 Å². The van der Waals surface area contributed by atoms with Gasteiger partial charge in [0, 0.05) is 11.9 Å². The van der Waals surface area contributed by atoms with Crippen molar-refractivity contribution in [3.05, 3.63) is 70.9 Å². The number of para-hydroxylation sites is 1. The van der Waals surface area contributed by atoms with Gasteiger partial charge in [-0.2, -0.15) is 0 Å². The highest BCUT2D eigenvalue weighted by Gasteiger charge is 2.31. The van der Waals surface area contributed by atoms with Crippen molar-refractivity contribution in [3.63, 3.8) is 0 Å². The number of hydrogen-bond donors (Lipinski definition) is 3. The Hall–Kier alpha value is -2.39. The SMILES string of the molecule is OCC(O)CNC(c1ccc(OC(F)(F)F)cc1)c1ccc2cccc(Cl)c2n1. The molecule has 0 bridgehead atoms. The minimum absolute atomic E-state index is 0.0458. The van der Waals surface area contributed by atoms with Gasteiger partial charge in [0.2, 0.25) is 0 Å². The molecule has 5 nitrogen and oxygen atoms in total. The van der Waals surface area contributed by atoms with E-state index in [9.17, 15) is 18.3 Å². The number of pyridine rings is 1. The molecule has 3 aromatic rings. The summed E-state index contributed by atoms with van der Waals surface area (Å²) in [5.74, 6) is -0.343. The Balaban J connectivity index is 1.95. The normalized spacial score (nSPS) is 14.0. The highest BCUT2D eigenvalue weighted by molar-refractivity contribution is 6.35. The predicted molar refractivity (Wildman–Crippen MR) is 103 cm³/mol. The van der Waals surface area contributed by atoms with Crippen LogP contribution in [0.3, 0.4) is 0 Å². The number of aromatic nitrogens is 1. The molecule has 1 heterocycles. The van der Waals surface area contributed by atoms with Crippen molar-refractivity contribution in [2.45, 2.75) is 18.5 Å². The van der Waals surface area contributed by atoms with E-state index in [1.54, 1.807) is 18.2 Å². The van der Waals surface area contributed by atoms with Gasteiger partial charge in [0.1, 0.15) is 5.75 Å². The number of halogens is 4. The molecule has 29 heavy (non-hydrogen) atoms. The second kappa shape index (κ2) is 8.96. The van der Waals surface area contributed by atoms with Crippen molar-refractivity contribution >= 4 is 22.5 Å². The molecule has 9 heteroatoms. The molecule has 2 unspecified atom stereocenters. The molecular formula is C20H18ClF3N2O3. The topological polar surface area (TPSA) is 74.6 Å². The molecule has 2 atom stereocenters. The van der Waals surface area contributed by atoms with E-state index in [1.165, 1.54) is 24.3 Å². The maximum Gasteiger partial charge on any atom is 0.573 e. The van der Waals surface area contributed by atoms with Gasteiger partial charge < -0.3 is 20.3 Å². The summed E-state index contributed by atoms with van der Waals surface area (Å²) >= 11 is 6.23. The van der Waals surface area contributed by atoms with Crippen LogP contribution in [0.25, 0.3) is 10.9 Å². The fourth-order valence-corrected chi connectivity index (χ4v) is 3.08. The molecule has 0 spiro atoms. The molecule has 0 saturated carbocycles. The molecular weight excluding hydrogens is 409 g/mol. The van der Waals surface area contributed by atoms with Crippen LogP contribution in [0.15, 0.2) is 54.6 Å². The molecule has 0 radical (unpaired) electrons. The largest absolute Gasteiger partial charge is 0.573 e. The van der Waals surface area contributed by atoms with Crippen LogP contribution in [-0.4, -0.2) is 40.8 Å². The molecule has 0 aliphatic heterocycles. The summed E-state index contributed by atoms with van der Waals surface area (Å²) in [4.78, 5) is 4.59. The monoisotopic (exact) mass is 426 g/mol. The van der Waals surface area contributed by atoms with E-state index in [0.29, 0.717) is 21.8 Å². The smallest absolute Gasteiger partial charge is 0.406 e. The molecule has 0 aliphatic rings. The highest BCUT2D eigenvalue weighted by atomic mass is 35.5. The van der Waals surface area contributed by atoms with Crippen molar-refractivity contribution in [2.24, 2.45) is 0 Å². The third-order valence-electron chi connectivity index (χ3n) is 4.20. The van der Waals surface area contributed by atoms with E-state index < -0.39 is 25.1 Å². The quantitative estimate of drug-likeness (QED) is 0.535. The summed E-state index contributed by atoms with van der Waals surface area (Å²) in [6.07, 6.45) is -5.78. The number of aliphatic hydroxyl groups is 2. The number of rotatable bonds is 7. The Bertz CT molecular complexity index is 967. The van der Waals surface area contributed by atoms with Crippen LogP contribution in [0.2, 0.25) is 5.02 Å². The van der Waals surface area contributed by atoms with E-state index in [2.05, 4.69) is 15.0 Å². The first-order chi connectivity index (χ1) is 13.8. The molecule has 2 aromatic carbocycles. The second-order valence-corrected chi connectivity index (χ2v) is 6.75. The van der Waals surface area contributed by atoms with Crippen LogP contribution < -0.4 is 10.1 Å². The van der Waals surface area contributed by atoms with Crippen LogP contribution >= 0.6 is 11.6 Å². The Morgan fingerprint density at radius 1 is 1.07 bits per heavy atom. The van der Waals surface area contributed by atoms with Crippen LogP contribution in [0, 0.1) is 0 Å². The van der Waals surface area contributed by atoms with Crippen LogP contribution in [-0.2, 0) is 0 Å². The molecule has 0 aliphatic carbocycles. The first kappa shape index (κ1) is 21.3. The number of ether oxygens (including phenoxy) is 1. The van der Waals surface area contributed by atoms with Gasteiger partial charge in [0.05, 0.1) is 35.0 Å². The summed E-state index contributed by atoms with van der Waals surface area (Å²) in [5, 5.41) is 23.1. The van der Waals surface area contributed by atoms with Crippen molar-refractivity contribution in [1.29, 1.82) is 0 Å². The fourth-order valence-electron chi connectivity index (χ4n) is 2.86. The minimum Gasteiger partial charge on any atom is -0.406 e. The fraction of sp³-hybridized carbons (Fsp3) is 0.250. The number of fused-ring (bicyclic) bond motifs is 1. The second-order valence-electron chi connectivity index (χ2n) is 6.34. The van der Waals surface area contributed by atoms with Gasteiger partial charge in [0.15, 0.2) is 0 Å². The molecule has 0 saturated heterocycles. The molecule has 0 amide bonds. The van der Waals surface area contributed by atoms with Gasteiger partial charge in [-0.25, -0.2) is 4.98 Å². The summed E-state index contributed by atoms with van der Waals surface area (Å²) in [7, 11) is 0. The van der Waals surface area contributed by atoms with Gasteiger partial charge in [-0.1, -0.05) is 41.9 Å². The van der Waals surface area contributed by atoms with Gasteiger partial charge in [-0.05, 0) is 29.8 Å². The lowest BCUT2D eigenvalue weighted by Gasteiger charge is -2.21. The zero-order valence-corrected chi connectivity index (χ0v) is 15.8. The number of nitrogens with zero attached hydrogens (tertiary/aromatic N) is 1. The maximum atomic E-state index is 12.4. The molecule has 1 aromatic heterocycles. The predicted octanol–water partition coefficient (Wildman–Crippen LogP) is 3.82. The summed E-state index contributed by atoms with van der Waals surface area (Å²) < 4.78 is 41.1. The third kappa shape index (κ3) is 5.57. The maximum absolute atomic E-state index is 12.4. The molecule has 3 N–H and O–H groups in total. The van der Waals surface area contributed by atoms with Crippen molar-refractivity contribution in [2.75, 3.05) is 13.2 Å². The highest BCUT2D eigenvalue weighted by Crippen LogP contribution is 2.29. The minimum atomic E-state index is -4.78. The van der Waals surface area contributed by atoms with E-state index >= 15 is 0 Å². The number of alkyl halides is 3. The first-order valence-electron chi connectivity index (χ1n) is 8.70. The first-order valence-corrected chi connectivity index (χ1v) is 9.08. The Labute approximate surface area is 169 Å². The Morgan fingerprint density at radius 2 is 1.79 bits per heavy atom. The molecule has 154 valence electrons. The average Bonchev–Trinajstić information content (AvgIpc) is 2.68. The lowest BCUT2D eigenvalue weighted by Crippen LogP contribution is -2.33. The van der Waals surface area contributed by atoms with Gasteiger partial charge in [-0.3, -0.25) is 0 Å². The Kier molecular flexibility index (Phi) is 6.59. The summed E-state index contributed by atoms with van der Waals surface area (Å²) in [5.41, 5.74) is 1.74. The number of nitrogens with one attached hydrogen (secondary N) is 1. The number of benzene rings is 2. The van der Waals surface area contributed by atoms with Crippen molar-refractivity contribution in [1.82, 2.24) is 10.3 Å². The van der Waals surface area contributed by atoms with Crippen molar-refractivity contribution in [3.8, 4) is 5.75 Å². The number of aliphatic hydroxyl groups excluding tert-OH is 2. The van der Waals surface area contributed by atoms with Crippen LogP contribution in [0.5, 0.6) is 5.75 Å². The van der Waals surface area contributed by atoms with E-state index in [0.717, 1.165) is 5.39 Å². The standard InChI is InChI=1S/C20H18ClF3N2O3/c21-16-3-1-2-12-6-9-17(26-18(12)16)19(25-10-14(28)11-27)13-4-7-15(8-5-13)29-20(22,23)24/h1-9,14,19,25,27-28H,10-11H2. The van der Waals surface area contributed by atoms with Gasteiger partial charge in [0.25, 0.3) is 0 Å². The van der Waals surface area contributed by atoms with Crippen molar-refractivity contribution < 1.29 is 28.1 Å². The van der Waals surface area contributed by atoms with Crippen LogP contribution in [0.4, 0.5) is 13.2 Å². The lowest BCUT2D eigenvalue weighted by molar-refractivity contribution is -0.274.